The van der Waals surface area contributed by atoms with Crippen LogP contribution in [-0.4, -0.2) is 39.3 Å². The summed E-state index contributed by atoms with van der Waals surface area (Å²) in [7, 11) is 0. The fourth-order valence-electron chi connectivity index (χ4n) is 5.04. The van der Waals surface area contributed by atoms with Crippen molar-refractivity contribution in [2.75, 3.05) is 11.4 Å². The number of nitrogens with two attached hydrogens (primary N) is 1. The molecule has 160 valence electrons. The van der Waals surface area contributed by atoms with E-state index >= 15 is 4.39 Å². The second-order valence-corrected chi connectivity index (χ2v) is 8.18. The lowest BCUT2D eigenvalue weighted by molar-refractivity contribution is 0.0695. The molecule has 1 saturated carbocycles. The number of pyridine rings is 2. The van der Waals surface area contributed by atoms with Crippen molar-refractivity contribution < 1.29 is 18.7 Å². The first-order valence-electron chi connectivity index (χ1n) is 10.1. The lowest BCUT2D eigenvalue weighted by Gasteiger charge is -2.27. The Labute approximate surface area is 175 Å². The van der Waals surface area contributed by atoms with Crippen LogP contribution in [0.3, 0.4) is 0 Å². The summed E-state index contributed by atoms with van der Waals surface area (Å²) in [4.78, 5) is 30.3. The van der Waals surface area contributed by atoms with Crippen LogP contribution in [0.25, 0.3) is 16.7 Å². The van der Waals surface area contributed by atoms with Crippen molar-refractivity contribution in [3.63, 3.8) is 0 Å². The van der Waals surface area contributed by atoms with Gasteiger partial charge in [-0.05, 0) is 43.0 Å². The molecule has 2 aromatic heterocycles. The molecule has 3 aromatic rings. The number of hydrogen-bond donors (Lipinski definition) is 2. The molecule has 3 atom stereocenters. The van der Waals surface area contributed by atoms with Gasteiger partial charge >= 0.3 is 5.97 Å². The van der Waals surface area contributed by atoms with E-state index in [2.05, 4.69) is 4.98 Å². The topological polar surface area (TPSA) is 101 Å². The van der Waals surface area contributed by atoms with Crippen molar-refractivity contribution in [2.24, 2.45) is 11.7 Å². The highest BCUT2D eigenvalue weighted by molar-refractivity contribution is 5.94. The number of anilines is 1. The molecule has 9 heteroatoms. The van der Waals surface area contributed by atoms with Crippen LogP contribution in [0.15, 0.2) is 41.5 Å². The highest BCUT2D eigenvalue weighted by Gasteiger charge is 2.43. The Bertz CT molecular complexity index is 1260. The molecule has 7 nitrogen and oxygen atoms in total. The Kier molecular flexibility index (Phi) is 4.51. The van der Waals surface area contributed by atoms with Crippen molar-refractivity contribution in [1.82, 2.24) is 9.55 Å². The number of benzene rings is 1. The zero-order valence-corrected chi connectivity index (χ0v) is 16.5. The van der Waals surface area contributed by atoms with Gasteiger partial charge in [-0.15, -0.1) is 0 Å². The van der Waals surface area contributed by atoms with Gasteiger partial charge in [-0.3, -0.25) is 4.79 Å². The monoisotopic (exact) mass is 426 g/mol. The van der Waals surface area contributed by atoms with Gasteiger partial charge in [-0.2, -0.15) is 0 Å². The van der Waals surface area contributed by atoms with Crippen molar-refractivity contribution in [3.05, 3.63) is 64.1 Å². The Hall–Kier alpha value is -3.33. The second kappa shape index (κ2) is 7.12. The smallest absolute Gasteiger partial charge is 0.341 e. The number of carbonyl (C=O) groups is 1. The zero-order valence-electron chi connectivity index (χ0n) is 16.5. The number of carboxylic acids is 1. The number of aromatic carboxylic acids is 1. The molecule has 1 aromatic carbocycles. The maximum atomic E-state index is 15.2. The summed E-state index contributed by atoms with van der Waals surface area (Å²) in [5.74, 6) is -2.09. The molecule has 0 spiro atoms. The van der Waals surface area contributed by atoms with Crippen molar-refractivity contribution >= 4 is 22.6 Å². The molecule has 1 saturated heterocycles. The third-order valence-electron chi connectivity index (χ3n) is 6.46. The van der Waals surface area contributed by atoms with Crippen LogP contribution >= 0.6 is 0 Å². The summed E-state index contributed by atoms with van der Waals surface area (Å²) in [5, 5.41) is 9.37. The van der Waals surface area contributed by atoms with E-state index < -0.39 is 28.6 Å². The van der Waals surface area contributed by atoms with E-state index in [1.807, 2.05) is 4.90 Å². The first-order valence-corrected chi connectivity index (χ1v) is 10.1. The lowest BCUT2D eigenvalue weighted by atomic mass is 10.0. The molecule has 0 radical (unpaired) electrons. The molecule has 3 unspecified atom stereocenters. The number of rotatable bonds is 3. The van der Waals surface area contributed by atoms with Gasteiger partial charge in [0, 0.05) is 24.8 Å². The van der Waals surface area contributed by atoms with Gasteiger partial charge < -0.3 is 20.3 Å². The van der Waals surface area contributed by atoms with Crippen LogP contribution in [-0.2, 0) is 0 Å². The summed E-state index contributed by atoms with van der Waals surface area (Å²) in [6, 6.07) is 5.23. The average Bonchev–Trinajstić information content (AvgIpc) is 3.33. The number of fused-ring (bicyclic) bond motifs is 2. The van der Waals surface area contributed by atoms with Gasteiger partial charge in [0.15, 0.2) is 0 Å². The normalized spacial score (nSPS) is 22.8. The summed E-state index contributed by atoms with van der Waals surface area (Å²) >= 11 is 0. The number of halogens is 2. The minimum Gasteiger partial charge on any atom is -0.477 e. The fourth-order valence-corrected chi connectivity index (χ4v) is 5.04. The molecule has 1 aliphatic carbocycles. The first-order chi connectivity index (χ1) is 14.8. The number of nitrogens with zero attached hydrogens (tertiary/aromatic N) is 3. The Morgan fingerprint density at radius 1 is 1.23 bits per heavy atom. The first kappa shape index (κ1) is 19.6. The van der Waals surface area contributed by atoms with Crippen molar-refractivity contribution in [1.29, 1.82) is 0 Å². The highest BCUT2D eigenvalue weighted by atomic mass is 19.1. The predicted octanol–water partition coefficient (Wildman–Crippen LogP) is 2.68. The van der Waals surface area contributed by atoms with Gasteiger partial charge in [0.2, 0.25) is 5.43 Å². The number of hydrogen-bond acceptors (Lipinski definition) is 5. The van der Waals surface area contributed by atoms with Crippen LogP contribution in [0, 0.1) is 17.6 Å². The maximum Gasteiger partial charge on any atom is 0.341 e. The molecule has 1 aliphatic heterocycles. The summed E-state index contributed by atoms with van der Waals surface area (Å²) in [5.41, 5.74) is 5.59. The van der Waals surface area contributed by atoms with Gasteiger partial charge in [-0.25, -0.2) is 18.6 Å². The highest BCUT2D eigenvalue weighted by Crippen LogP contribution is 2.41. The molecule has 0 bridgehead atoms. The molecule has 0 amide bonds. The van der Waals surface area contributed by atoms with Gasteiger partial charge in [0.25, 0.3) is 0 Å². The molecule has 3 N–H and O–H groups in total. The fraction of sp³-hybridized carbons (Fsp3) is 0.318. The van der Waals surface area contributed by atoms with E-state index in [-0.39, 0.29) is 23.3 Å². The second-order valence-electron chi connectivity index (χ2n) is 8.18. The van der Waals surface area contributed by atoms with Crippen LogP contribution in [0.1, 0.15) is 29.6 Å². The Balaban J connectivity index is 1.76. The largest absolute Gasteiger partial charge is 0.477 e. The maximum absolute atomic E-state index is 15.2. The van der Waals surface area contributed by atoms with Crippen LogP contribution in [0.2, 0.25) is 0 Å². The molecule has 2 aliphatic rings. The SMILES string of the molecule is NC1CN(c2cc3c(cc2F)c(=O)c(C(=O)O)cn3-c2ccc(F)cn2)C2CCCC12. The van der Waals surface area contributed by atoms with E-state index in [1.54, 1.807) is 0 Å². The quantitative estimate of drug-likeness (QED) is 0.668. The minimum absolute atomic E-state index is 0.0575. The van der Waals surface area contributed by atoms with E-state index in [9.17, 15) is 19.1 Å². The van der Waals surface area contributed by atoms with Gasteiger partial charge in [-0.1, -0.05) is 6.42 Å². The summed E-state index contributed by atoms with van der Waals surface area (Å²) in [6.07, 6.45) is 5.08. The van der Waals surface area contributed by atoms with Crippen LogP contribution in [0.4, 0.5) is 14.5 Å². The Morgan fingerprint density at radius 2 is 2.03 bits per heavy atom. The van der Waals surface area contributed by atoms with Crippen LogP contribution in [0.5, 0.6) is 0 Å². The standard InChI is InChI=1S/C22H20F2N4O3/c23-11-4-5-20(26-8-11)28-9-14(22(30)31)21(29)13-6-15(24)19(7-18(13)28)27-10-16(25)12-2-1-3-17(12)27/h4-9,12,16-17H,1-3,10,25H2,(H,30,31). The molecular weight excluding hydrogens is 406 g/mol. The van der Waals surface area contributed by atoms with Crippen molar-refractivity contribution in [2.45, 2.75) is 31.3 Å². The van der Waals surface area contributed by atoms with E-state index in [0.29, 0.717) is 23.7 Å². The van der Waals surface area contributed by atoms with E-state index in [1.165, 1.54) is 22.8 Å². The summed E-state index contributed by atoms with van der Waals surface area (Å²) in [6.45, 7) is 0.504. The van der Waals surface area contributed by atoms with Gasteiger partial charge in [0.1, 0.15) is 23.0 Å². The molecule has 31 heavy (non-hydrogen) atoms. The van der Waals surface area contributed by atoms with E-state index in [0.717, 1.165) is 37.7 Å². The average molecular weight is 426 g/mol. The zero-order chi connectivity index (χ0) is 21.9. The molecule has 5 rings (SSSR count). The predicted molar refractivity (Wildman–Crippen MR) is 111 cm³/mol. The summed E-state index contributed by atoms with van der Waals surface area (Å²) < 4.78 is 30.0. The van der Waals surface area contributed by atoms with Crippen molar-refractivity contribution in [3.8, 4) is 5.82 Å². The van der Waals surface area contributed by atoms with Crippen LogP contribution < -0.4 is 16.1 Å². The molecule has 3 heterocycles. The lowest BCUT2D eigenvalue weighted by Crippen LogP contribution is -2.31. The Morgan fingerprint density at radius 3 is 2.74 bits per heavy atom. The van der Waals surface area contributed by atoms with Gasteiger partial charge in [0.05, 0.1) is 22.8 Å². The number of carboxylic acid groups (broad SMARTS) is 1. The minimum atomic E-state index is -1.44. The van der Waals surface area contributed by atoms with E-state index in [4.69, 9.17) is 5.73 Å². The molecular formula is C22H20F2N4O3. The number of aromatic nitrogens is 2. The molecule has 2 fully saturated rings. The third-order valence-corrected chi connectivity index (χ3v) is 6.46. The third kappa shape index (κ3) is 3.07.